The van der Waals surface area contributed by atoms with E-state index in [9.17, 15) is 13.2 Å². The monoisotopic (exact) mass is 285 g/mol. The van der Waals surface area contributed by atoms with Crippen molar-refractivity contribution >= 4 is 0 Å². The first-order valence-electron chi connectivity index (χ1n) is 5.95. The average Bonchev–Trinajstić information content (AvgIpc) is 2.75. The van der Waals surface area contributed by atoms with Crippen LogP contribution in [0.25, 0.3) is 0 Å². The number of nitrogens with zero attached hydrogens (tertiary/aromatic N) is 2. The van der Waals surface area contributed by atoms with Crippen molar-refractivity contribution in [1.29, 1.82) is 0 Å². The van der Waals surface area contributed by atoms with Crippen molar-refractivity contribution in [2.24, 2.45) is 7.05 Å². The number of alkyl halides is 3. The Bertz CT molecular complexity index is 549. The van der Waals surface area contributed by atoms with E-state index in [1.807, 2.05) is 13.2 Å². The lowest BCUT2D eigenvalue weighted by molar-refractivity contribution is -0.274. The molecule has 0 atom stereocenters. The van der Waals surface area contributed by atoms with Crippen LogP contribution in [-0.4, -0.2) is 16.1 Å². The molecule has 7 heteroatoms. The van der Waals surface area contributed by atoms with Crippen LogP contribution in [0.4, 0.5) is 13.2 Å². The van der Waals surface area contributed by atoms with E-state index in [0.717, 1.165) is 11.1 Å². The van der Waals surface area contributed by atoms with E-state index in [1.165, 1.54) is 12.1 Å². The molecule has 0 aliphatic heterocycles. The van der Waals surface area contributed by atoms with Gasteiger partial charge in [-0.15, -0.1) is 13.2 Å². The molecule has 0 fully saturated rings. The Labute approximate surface area is 114 Å². The summed E-state index contributed by atoms with van der Waals surface area (Å²) in [5.41, 5.74) is 1.92. The van der Waals surface area contributed by atoms with E-state index in [1.54, 1.807) is 23.0 Å². The molecule has 0 saturated carbocycles. The highest BCUT2D eigenvalue weighted by molar-refractivity contribution is 5.27. The molecule has 0 aliphatic carbocycles. The summed E-state index contributed by atoms with van der Waals surface area (Å²) < 4.78 is 41.5. The molecule has 2 aromatic rings. The molecule has 1 aromatic carbocycles. The van der Waals surface area contributed by atoms with Crippen LogP contribution in [0.15, 0.2) is 36.7 Å². The van der Waals surface area contributed by atoms with Crippen LogP contribution >= 0.6 is 0 Å². The van der Waals surface area contributed by atoms with Crippen LogP contribution in [0.2, 0.25) is 0 Å². The maximum absolute atomic E-state index is 12.0. The molecule has 0 radical (unpaired) electrons. The molecule has 0 unspecified atom stereocenters. The third kappa shape index (κ3) is 4.58. The predicted molar refractivity (Wildman–Crippen MR) is 66.9 cm³/mol. The summed E-state index contributed by atoms with van der Waals surface area (Å²) in [6, 6.07) is 5.79. The van der Waals surface area contributed by atoms with Gasteiger partial charge in [0.25, 0.3) is 0 Å². The Hall–Kier alpha value is -2.02. The van der Waals surface area contributed by atoms with Gasteiger partial charge in [-0.05, 0) is 17.7 Å². The molecule has 0 amide bonds. The minimum atomic E-state index is -4.65. The fourth-order valence-electron chi connectivity index (χ4n) is 1.72. The van der Waals surface area contributed by atoms with Gasteiger partial charge < -0.3 is 10.1 Å². The Balaban J connectivity index is 1.82. The first kappa shape index (κ1) is 14.4. The van der Waals surface area contributed by atoms with Crippen molar-refractivity contribution in [3.05, 3.63) is 47.8 Å². The van der Waals surface area contributed by atoms with E-state index in [2.05, 4.69) is 15.2 Å². The van der Waals surface area contributed by atoms with E-state index >= 15 is 0 Å². The Morgan fingerprint density at radius 1 is 1.15 bits per heavy atom. The normalized spacial score (nSPS) is 11.6. The first-order chi connectivity index (χ1) is 9.42. The van der Waals surface area contributed by atoms with E-state index in [0.29, 0.717) is 13.1 Å². The number of aryl methyl sites for hydroxylation is 1. The number of aromatic nitrogens is 2. The Morgan fingerprint density at radius 2 is 1.80 bits per heavy atom. The zero-order valence-corrected chi connectivity index (χ0v) is 10.8. The Kier molecular flexibility index (Phi) is 4.29. The summed E-state index contributed by atoms with van der Waals surface area (Å²) >= 11 is 0. The van der Waals surface area contributed by atoms with Crippen LogP contribution in [-0.2, 0) is 20.1 Å². The van der Waals surface area contributed by atoms with Crippen molar-refractivity contribution in [3.8, 4) is 5.75 Å². The molecular weight excluding hydrogens is 271 g/mol. The van der Waals surface area contributed by atoms with Crippen molar-refractivity contribution in [2.45, 2.75) is 19.5 Å². The second kappa shape index (κ2) is 5.96. The average molecular weight is 285 g/mol. The topological polar surface area (TPSA) is 39.1 Å². The highest BCUT2D eigenvalue weighted by Gasteiger charge is 2.30. The highest BCUT2D eigenvalue weighted by atomic mass is 19.4. The molecular formula is C13H14F3N3O. The molecule has 1 heterocycles. The number of halogens is 3. The molecule has 0 aliphatic rings. The second-order valence-corrected chi connectivity index (χ2v) is 4.32. The maximum atomic E-state index is 12.0. The lowest BCUT2D eigenvalue weighted by atomic mass is 10.2. The zero-order chi connectivity index (χ0) is 14.6. The lowest BCUT2D eigenvalue weighted by Gasteiger charge is -2.09. The molecule has 108 valence electrons. The summed E-state index contributed by atoms with van der Waals surface area (Å²) in [5, 5.41) is 7.22. The predicted octanol–water partition coefficient (Wildman–Crippen LogP) is 2.61. The molecule has 1 N–H and O–H groups in total. The van der Waals surface area contributed by atoms with Gasteiger partial charge in [-0.25, -0.2) is 0 Å². The van der Waals surface area contributed by atoms with Crippen molar-refractivity contribution < 1.29 is 17.9 Å². The van der Waals surface area contributed by atoms with E-state index < -0.39 is 6.36 Å². The van der Waals surface area contributed by atoms with Crippen molar-refractivity contribution in [3.63, 3.8) is 0 Å². The van der Waals surface area contributed by atoms with Gasteiger partial charge in [-0.1, -0.05) is 12.1 Å². The summed E-state index contributed by atoms with van der Waals surface area (Å²) in [6.45, 7) is 1.20. The number of rotatable bonds is 5. The molecule has 1 aromatic heterocycles. The molecule has 4 nitrogen and oxygen atoms in total. The number of hydrogen-bond donors (Lipinski definition) is 1. The smallest absolute Gasteiger partial charge is 0.406 e. The van der Waals surface area contributed by atoms with Crippen LogP contribution in [0.3, 0.4) is 0 Å². The number of benzene rings is 1. The largest absolute Gasteiger partial charge is 0.573 e. The van der Waals surface area contributed by atoms with Crippen LogP contribution in [0, 0.1) is 0 Å². The quantitative estimate of drug-likeness (QED) is 0.918. The fourth-order valence-corrected chi connectivity index (χ4v) is 1.72. The van der Waals surface area contributed by atoms with Gasteiger partial charge in [0.2, 0.25) is 0 Å². The molecule has 2 rings (SSSR count). The maximum Gasteiger partial charge on any atom is 0.573 e. The van der Waals surface area contributed by atoms with Gasteiger partial charge >= 0.3 is 6.36 Å². The molecule has 0 spiro atoms. The first-order valence-corrected chi connectivity index (χ1v) is 5.95. The van der Waals surface area contributed by atoms with Gasteiger partial charge in [0.05, 0.1) is 6.20 Å². The van der Waals surface area contributed by atoms with Gasteiger partial charge in [-0.3, -0.25) is 4.68 Å². The Morgan fingerprint density at radius 3 is 2.35 bits per heavy atom. The van der Waals surface area contributed by atoms with Gasteiger partial charge in [-0.2, -0.15) is 5.10 Å². The summed E-state index contributed by atoms with van der Waals surface area (Å²) in [5.74, 6) is -0.214. The highest BCUT2D eigenvalue weighted by Crippen LogP contribution is 2.22. The second-order valence-electron chi connectivity index (χ2n) is 4.32. The van der Waals surface area contributed by atoms with Crippen molar-refractivity contribution in [1.82, 2.24) is 15.1 Å². The minimum absolute atomic E-state index is 0.214. The van der Waals surface area contributed by atoms with Crippen LogP contribution < -0.4 is 10.1 Å². The third-order valence-corrected chi connectivity index (χ3v) is 2.57. The number of ether oxygens (including phenoxy) is 1. The standard InChI is InChI=1S/C13H14F3N3O/c1-19-9-11(8-18-19)7-17-6-10-2-4-12(5-3-10)20-13(14,15)16/h2-5,8-9,17H,6-7H2,1H3. The van der Waals surface area contributed by atoms with E-state index in [-0.39, 0.29) is 5.75 Å². The molecule has 0 bridgehead atoms. The number of hydrogen-bond acceptors (Lipinski definition) is 3. The lowest BCUT2D eigenvalue weighted by Crippen LogP contribution is -2.17. The molecule has 0 saturated heterocycles. The van der Waals surface area contributed by atoms with Crippen LogP contribution in [0.5, 0.6) is 5.75 Å². The van der Waals surface area contributed by atoms with Gasteiger partial charge in [0.15, 0.2) is 0 Å². The summed E-state index contributed by atoms with van der Waals surface area (Å²) in [4.78, 5) is 0. The zero-order valence-electron chi connectivity index (χ0n) is 10.8. The minimum Gasteiger partial charge on any atom is -0.406 e. The SMILES string of the molecule is Cn1cc(CNCc2ccc(OC(F)(F)F)cc2)cn1. The van der Waals surface area contributed by atoms with Crippen LogP contribution in [0.1, 0.15) is 11.1 Å². The van der Waals surface area contributed by atoms with E-state index in [4.69, 9.17) is 0 Å². The fraction of sp³-hybridized carbons (Fsp3) is 0.308. The summed E-state index contributed by atoms with van der Waals surface area (Å²) in [7, 11) is 1.84. The van der Waals surface area contributed by atoms with Crippen molar-refractivity contribution in [2.75, 3.05) is 0 Å². The van der Waals surface area contributed by atoms with Gasteiger partial charge in [0.1, 0.15) is 5.75 Å². The molecule has 20 heavy (non-hydrogen) atoms. The number of nitrogens with one attached hydrogen (secondary N) is 1. The summed E-state index contributed by atoms with van der Waals surface area (Å²) in [6.07, 6.45) is -0.999. The third-order valence-electron chi connectivity index (χ3n) is 2.57. The van der Waals surface area contributed by atoms with Gasteiger partial charge in [0, 0.05) is 31.9 Å².